The molecule has 42 heavy (non-hydrogen) atoms. The van der Waals surface area contributed by atoms with Gasteiger partial charge in [0.15, 0.2) is 0 Å². The lowest BCUT2D eigenvalue weighted by Crippen LogP contribution is -2.10. The van der Waals surface area contributed by atoms with E-state index in [1.54, 1.807) is 0 Å². The molecule has 2 nitrogen and oxygen atoms in total. The molecule has 0 saturated carbocycles. The van der Waals surface area contributed by atoms with Crippen LogP contribution in [0.1, 0.15) is 26.3 Å². The van der Waals surface area contributed by atoms with Crippen molar-refractivity contribution in [2.75, 3.05) is 5.32 Å². The number of hydrogen-bond acceptors (Lipinski definition) is 2. The zero-order chi connectivity index (χ0) is 28.7. The fourth-order valence-electron chi connectivity index (χ4n) is 5.80. The summed E-state index contributed by atoms with van der Waals surface area (Å²) in [5, 5.41) is 6.09. The number of rotatable bonds is 5. The van der Waals surface area contributed by atoms with E-state index in [1.165, 1.54) is 16.7 Å². The van der Waals surface area contributed by atoms with Crippen LogP contribution in [-0.4, -0.2) is 0 Å². The van der Waals surface area contributed by atoms with E-state index in [0.29, 0.717) is 0 Å². The first-order chi connectivity index (χ1) is 20.5. The molecule has 0 aliphatic heterocycles. The maximum Gasteiger partial charge on any atom is 0.145 e. The standard InChI is InChI=1S/C40H33NO/c1-40(2,3)31-23-21-27(22-24-31)30-17-12-18-32(25-30)41-38-34(28-13-6-4-7-14-28)26-35-33-19-10-11-20-36(33)42-39(35)37(38)29-15-8-5-9-16-29/h4-26,41H,1-3H3. The van der Waals surface area contributed by atoms with Crippen molar-refractivity contribution >= 4 is 33.3 Å². The number of hydrogen-bond donors (Lipinski definition) is 1. The number of furan rings is 1. The van der Waals surface area contributed by atoms with E-state index >= 15 is 0 Å². The first-order valence-electron chi connectivity index (χ1n) is 14.5. The van der Waals surface area contributed by atoms with E-state index in [0.717, 1.165) is 55.6 Å². The maximum atomic E-state index is 6.60. The molecule has 0 fully saturated rings. The molecule has 7 rings (SSSR count). The van der Waals surface area contributed by atoms with E-state index in [1.807, 2.05) is 12.1 Å². The van der Waals surface area contributed by atoms with Crippen LogP contribution in [0.25, 0.3) is 55.3 Å². The second kappa shape index (κ2) is 10.4. The highest BCUT2D eigenvalue weighted by Gasteiger charge is 2.21. The van der Waals surface area contributed by atoms with E-state index in [9.17, 15) is 0 Å². The smallest absolute Gasteiger partial charge is 0.145 e. The lowest BCUT2D eigenvalue weighted by Gasteiger charge is -2.20. The molecule has 0 aliphatic carbocycles. The fraction of sp³-hybridized carbons (Fsp3) is 0.100. The number of benzene rings is 6. The Morgan fingerprint density at radius 2 is 1.17 bits per heavy atom. The second-order valence-electron chi connectivity index (χ2n) is 11.9. The predicted molar refractivity (Wildman–Crippen MR) is 178 cm³/mol. The summed E-state index contributed by atoms with van der Waals surface area (Å²) in [6.45, 7) is 6.75. The van der Waals surface area contributed by atoms with E-state index in [4.69, 9.17) is 4.42 Å². The van der Waals surface area contributed by atoms with Crippen molar-refractivity contribution in [1.82, 2.24) is 0 Å². The highest BCUT2D eigenvalue weighted by atomic mass is 16.3. The van der Waals surface area contributed by atoms with Crippen molar-refractivity contribution < 1.29 is 4.42 Å². The molecule has 0 aliphatic rings. The molecule has 6 aromatic carbocycles. The summed E-state index contributed by atoms with van der Waals surface area (Å²) in [4.78, 5) is 0. The first-order valence-corrected chi connectivity index (χ1v) is 14.5. The summed E-state index contributed by atoms with van der Waals surface area (Å²) in [7, 11) is 0. The average Bonchev–Trinajstić information content (AvgIpc) is 3.39. The first kappa shape index (κ1) is 25.9. The topological polar surface area (TPSA) is 25.2 Å². The molecule has 2 heteroatoms. The molecule has 0 amide bonds. The third kappa shape index (κ3) is 4.76. The molecule has 0 radical (unpaired) electrons. The van der Waals surface area contributed by atoms with Gasteiger partial charge in [-0.2, -0.15) is 0 Å². The largest absolute Gasteiger partial charge is 0.455 e. The Kier molecular flexibility index (Phi) is 6.40. The molecule has 0 atom stereocenters. The Morgan fingerprint density at radius 3 is 1.88 bits per heavy atom. The van der Waals surface area contributed by atoms with E-state index < -0.39 is 0 Å². The van der Waals surface area contributed by atoms with E-state index in [-0.39, 0.29) is 5.41 Å². The van der Waals surface area contributed by atoms with Crippen molar-refractivity contribution in [2.24, 2.45) is 0 Å². The van der Waals surface area contributed by atoms with Crippen LogP contribution in [0.5, 0.6) is 0 Å². The van der Waals surface area contributed by atoms with E-state index in [2.05, 4.69) is 153 Å². The summed E-state index contributed by atoms with van der Waals surface area (Å²) in [6.07, 6.45) is 0. The van der Waals surface area contributed by atoms with Gasteiger partial charge in [0, 0.05) is 27.6 Å². The molecule has 0 spiro atoms. The third-order valence-corrected chi connectivity index (χ3v) is 8.03. The molecule has 204 valence electrons. The highest BCUT2D eigenvalue weighted by Crippen LogP contribution is 2.47. The van der Waals surface area contributed by atoms with Crippen LogP contribution in [0.3, 0.4) is 0 Å². The fourth-order valence-corrected chi connectivity index (χ4v) is 5.80. The minimum atomic E-state index is 0.124. The average molecular weight is 544 g/mol. The Balaban J connectivity index is 1.44. The van der Waals surface area contributed by atoms with Gasteiger partial charge in [0.05, 0.1) is 5.69 Å². The number of nitrogens with one attached hydrogen (secondary N) is 1. The van der Waals surface area contributed by atoms with Crippen LogP contribution >= 0.6 is 0 Å². The zero-order valence-corrected chi connectivity index (χ0v) is 24.2. The molecule has 1 N–H and O–H groups in total. The third-order valence-electron chi connectivity index (χ3n) is 8.03. The van der Waals surface area contributed by atoms with Crippen LogP contribution in [0.2, 0.25) is 0 Å². The molecular formula is C40H33NO. The van der Waals surface area contributed by atoms with Gasteiger partial charge in [-0.05, 0) is 57.5 Å². The minimum absolute atomic E-state index is 0.124. The van der Waals surface area contributed by atoms with Crippen LogP contribution in [0, 0.1) is 0 Å². The van der Waals surface area contributed by atoms with Gasteiger partial charge in [0.1, 0.15) is 11.2 Å². The lowest BCUT2D eigenvalue weighted by molar-refractivity contribution is 0.590. The Bertz CT molecular complexity index is 2010. The quantitative estimate of drug-likeness (QED) is 0.234. The van der Waals surface area contributed by atoms with Gasteiger partial charge in [-0.1, -0.05) is 136 Å². The summed E-state index contributed by atoms with van der Waals surface area (Å²) >= 11 is 0. The molecule has 1 heterocycles. The van der Waals surface area contributed by atoms with Gasteiger partial charge < -0.3 is 9.73 Å². The normalized spacial score (nSPS) is 11.7. The van der Waals surface area contributed by atoms with Gasteiger partial charge >= 0.3 is 0 Å². The second-order valence-corrected chi connectivity index (χ2v) is 11.9. The van der Waals surface area contributed by atoms with Crippen molar-refractivity contribution in [3.05, 3.63) is 145 Å². The Morgan fingerprint density at radius 1 is 0.524 bits per heavy atom. The molecule has 0 saturated heterocycles. The highest BCUT2D eigenvalue weighted by molar-refractivity contribution is 6.16. The van der Waals surface area contributed by atoms with Crippen LogP contribution < -0.4 is 5.32 Å². The van der Waals surface area contributed by atoms with Gasteiger partial charge in [-0.15, -0.1) is 0 Å². The maximum absolute atomic E-state index is 6.60. The molecule has 1 aromatic heterocycles. The van der Waals surface area contributed by atoms with Gasteiger partial charge in [0.2, 0.25) is 0 Å². The monoisotopic (exact) mass is 543 g/mol. The number of anilines is 2. The summed E-state index contributed by atoms with van der Waals surface area (Å²) < 4.78 is 6.60. The number of fused-ring (bicyclic) bond motifs is 3. The van der Waals surface area contributed by atoms with Gasteiger partial charge in [-0.25, -0.2) is 0 Å². The molecule has 0 unspecified atom stereocenters. The van der Waals surface area contributed by atoms with Crippen LogP contribution in [0.15, 0.2) is 144 Å². The minimum Gasteiger partial charge on any atom is -0.455 e. The van der Waals surface area contributed by atoms with Gasteiger partial charge in [0.25, 0.3) is 0 Å². The summed E-state index contributed by atoms with van der Waals surface area (Å²) in [5.41, 5.74) is 12.1. The van der Waals surface area contributed by atoms with Crippen LogP contribution in [-0.2, 0) is 5.41 Å². The lowest BCUT2D eigenvalue weighted by atomic mass is 9.86. The van der Waals surface area contributed by atoms with Crippen molar-refractivity contribution in [3.63, 3.8) is 0 Å². The zero-order valence-electron chi connectivity index (χ0n) is 24.2. The molecular weight excluding hydrogens is 510 g/mol. The number of para-hydroxylation sites is 1. The van der Waals surface area contributed by atoms with Gasteiger partial charge in [-0.3, -0.25) is 0 Å². The summed E-state index contributed by atoms with van der Waals surface area (Å²) in [6, 6.07) is 49.4. The summed E-state index contributed by atoms with van der Waals surface area (Å²) in [5.74, 6) is 0. The van der Waals surface area contributed by atoms with Crippen LogP contribution in [0.4, 0.5) is 11.4 Å². The SMILES string of the molecule is CC(C)(C)c1ccc(-c2cccc(Nc3c(-c4ccccc4)cc4c(oc5ccccc54)c3-c3ccccc3)c2)cc1. The molecule has 7 aromatic rings. The van der Waals surface area contributed by atoms with Crippen molar-refractivity contribution in [2.45, 2.75) is 26.2 Å². The van der Waals surface area contributed by atoms with Crippen molar-refractivity contribution in [3.8, 4) is 33.4 Å². The Labute approximate surface area is 247 Å². The Hall–Kier alpha value is -5.08. The van der Waals surface area contributed by atoms with Crippen molar-refractivity contribution in [1.29, 1.82) is 0 Å². The predicted octanol–water partition coefficient (Wildman–Crippen LogP) is 11.6. The molecule has 0 bridgehead atoms.